The lowest BCUT2D eigenvalue weighted by atomic mass is 9.91. The lowest BCUT2D eigenvalue weighted by Crippen LogP contribution is -2.28. The van der Waals surface area contributed by atoms with Crippen LogP contribution < -0.4 is 0 Å². The van der Waals surface area contributed by atoms with E-state index in [2.05, 4.69) is 13.8 Å². The molecule has 0 N–H and O–H groups in total. The van der Waals surface area contributed by atoms with Crippen molar-refractivity contribution in [3.63, 3.8) is 0 Å². The van der Waals surface area contributed by atoms with E-state index < -0.39 is 0 Å². The average Bonchev–Trinajstić information content (AvgIpc) is 1.86. The molecule has 1 nitrogen and oxygen atoms in total. The molecule has 0 fully saturated rings. The maximum atomic E-state index is 5.27. The first kappa shape index (κ1) is 9.25. The molecule has 0 amide bonds. The Balaban J connectivity index is 3.80. The van der Waals surface area contributed by atoms with Gasteiger partial charge >= 0.3 is 0 Å². The first-order valence-corrected chi connectivity index (χ1v) is 3.65. The highest BCUT2D eigenvalue weighted by atomic mass is 35.5. The van der Waals surface area contributed by atoms with E-state index in [9.17, 15) is 0 Å². The van der Waals surface area contributed by atoms with Crippen molar-refractivity contribution in [1.82, 2.24) is 0 Å². The minimum Gasteiger partial charge on any atom is -0.273 e. The lowest BCUT2D eigenvalue weighted by molar-refractivity contribution is 0.0612. The van der Waals surface area contributed by atoms with Crippen molar-refractivity contribution in [3.8, 4) is 0 Å². The summed E-state index contributed by atoms with van der Waals surface area (Å²) in [7, 11) is 0. The molecule has 56 valence electrons. The van der Waals surface area contributed by atoms with Crippen molar-refractivity contribution in [2.75, 3.05) is 0 Å². The summed E-state index contributed by atoms with van der Waals surface area (Å²) >= 11 is 5.27. The third kappa shape index (κ3) is 2.55. The van der Waals surface area contributed by atoms with E-state index in [-0.39, 0.29) is 5.60 Å². The summed E-state index contributed by atoms with van der Waals surface area (Å²) in [5.41, 5.74) is -0.184. The van der Waals surface area contributed by atoms with Crippen molar-refractivity contribution in [2.24, 2.45) is 5.92 Å². The van der Waals surface area contributed by atoms with Gasteiger partial charge in [0.2, 0.25) is 0 Å². The zero-order chi connectivity index (χ0) is 7.49. The van der Waals surface area contributed by atoms with Crippen LogP contribution in [0.4, 0.5) is 0 Å². The smallest absolute Gasteiger partial charge is 0.0866 e. The summed E-state index contributed by atoms with van der Waals surface area (Å²) in [6, 6.07) is 0. The molecule has 0 radical (unpaired) electrons. The first-order chi connectivity index (χ1) is 4.04. The molecular weight excluding hydrogens is 136 g/mol. The van der Waals surface area contributed by atoms with E-state index in [1.807, 2.05) is 13.8 Å². The Morgan fingerprint density at radius 3 is 2.11 bits per heavy atom. The third-order valence-electron chi connectivity index (χ3n) is 2.00. The molecule has 1 unspecified atom stereocenters. The van der Waals surface area contributed by atoms with Crippen molar-refractivity contribution >= 4 is 11.9 Å². The molecule has 0 bridgehead atoms. The third-order valence-corrected chi connectivity index (χ3v) is 2.40. The minimum atomic E-state index is -0.184. The van der Waals surface area contributed by atoms with E-state index in [1.54, 1.807) is 0 Å². The molecule has 9 heavy (non-hydrogen) atoms. The molecule has 0 aliphatic rings. The lowest BCUT2D eigenvalue weighted by Gasteiger charge is -2.26. The van der Waals surface area contributed by atoms with Crippen LogP contribution in [0.1, 0.15) is 34.1 Å². The van der Waals surface area contributed by atoms with Gasteiger partial charge in [-0.1, -0.05) is 20.3 Å². The molecule has 1 atom stereocenters. The standard InChI is InChI=1S/C7H15ClO/c1-5-6(2)7(3,4)9-8/h6H,5H2,1-4H3. The van der Waals surface area contributed by atoms with Gasteiger partial charge in [0.25, 0.3) is 0 Å². The zero-order valence-corrected chi connectivity index (χ0v) is 7.33. The summed E-state index contributed by atoms with van der Waals surface area (Å²) in [5, 5.41) is 0. The Labute approximate surface area is 62.5 Å². The van der Waals surface area contributed by atoms with Gasteiger partial charge < -0.3 is 0 Å². The quantitative estimate of drug-likeness (QED) is 0.601. The summed E-state index contributed by atoms with van der Waals surface area (Å²) in [4.78, 5) is 0. The molecule has 0 aromatic rings. The fourth-order valence-corrected chi connectivity index (χ4v) is 0.720. The SMILES string of the molecule is CCC(C)C(C)(C)OCl. The molecule has 0 aromatic heterocycles. The Bertz CT molecular complexity index is 81.0. The topological polar surface area (TPSA) is 9.23 Å². The van der Waals surface area contributed by atoms with Crippen molar-refractivity contribution in [1.29, 1.82) is 0 Å². The highest BCUT2D eigenvalue weighted by molar-refractivity contribution is 6.07. The fourth-order valence-electron chi connectivity index (χ4n) is 0.568. The van der Waals surface area contributed by atoms with E-state index in [0.717, 1.165) is 6.42 Å². The van der Waals surface area contributed by atoms with E-state index in [4.69, 9.17) is 16.2 Å². The predicted molar refractivity (Wildman–Crippen MR) is 40.5 cm³/mol. The van der Waals surface area contributed by atoms with Gasteiger partial charge in [0.15, 0.2) is 0 Å². The van der Waals surface area contributed by atoms with Gasteiger partial charge in [-0.3, -0.25) is 4.29 Å². The van der Waals surface area contributed by atoms with E-state index in [0.29, 0.717) is 5.92 Å². The molecular formula is C7H15ClO. The van der Waals surface area contributed by atoms with Crippen molar-refractivity contribution < 1.29 is 4.29 Å². The van der Waals surface area contributed by atoms with Crippen molar-refractivity contribution in [3.05, 3.63) is 0 Å². The highest BCUT2D eigenvalue weighted by Crippen LogP contribution is 2.24. The summed E-state index contributed by atoms with van der Waals surface area (Å²) < 4.78 is 4.76. The maximum absolute atomic E-state index is 5.27. The van der Waals surface area contributed by atoms with Gasteiger partial charge in [0.05, 0.1) is 17.5 Å². The second-order valence-electron chi connectivity index (χ2n) is 2.99. The molecule has 0 aliphatic heterocycles. The Morgan fingerprint density at radius 2 is 2.00 bits per heavy atom. The summed E-state index contributed by atoms with van der Waals surface area (Å²) in [6.45, 7) is 8.24. The van der Waals surface area contributed by atoms with Gasteiger partial charge in [-0.25, -0.2) is 0 Å². The number of halogens is 1. The molecule has 0 heterocycles. The van der Waals surface area contributed by atoms with Crippen molar-refractivity contribution in [2.45, 2.75) is 39.7 Å². The molecule has 0 saturated carbocycles. The Kier molecular flexibility index (Phi) is 3.52. The van der Waals surface area contributed by atoms with Gasteiger partial charge in [-0.15, -0.1) is 0 Å². The number of rotatable bonds is 3. The number of hydrogen-bond donors (Lipinski definition) is 0. The second kappa shape index (κ2) is 3.43. The normalized spacial score (nSPS) is 15.7. The molecule has 0 aromatic carbocycles. The van der Waals surface area contributed by atoms with Crippen LogP contribution in [0.15, 0.2) is 0 Å². The fraction of sp³-hybridized carbons (Fsp3) is 1.00. The average molecular weight is 151 g/mol. The molecule has 2 heteroatoms. The molecule has 0 saturated heterocycles. The van der Waals surface area contributed by atoms with Crippen LogP contribution in [0.25, 0.3) is 0 Å². The van der Waals surface area contributed by atoms with E-state index in [1.165, 1.54) is 0 Å². The molecule has 0 rings (SSSR count). The van der Waals surface area contributed by atoms with Crippen LogP contribution in [0, 0.1) is 5.92 Å². The van der Waals surface area contributed by atoms with E-state index >= 15 is 0 Å². The highest BCUT2D eigenvalue weighted by Gasteiger charge is 2.24. The summed E-state index contributed by atoms with van der Waals surface area (Å²) in [5.74, 6) is 0.509. The Morgan fingerprint density at radius 1 is 1.56 bits per heavy atom. The minimum absolute atomic E-state index is 0.184. The predicted octanol–water partition coefficient (Wildman–Crippen LogP) is 2.98. The van der Waals surface area contributed by atoms with Gasteiger partial charge in [-0.05, 0) is 19.8 Å². The van der Waals surface area contributed by atoms with Gasteiger partial charge in [-0.2, -0.15) is 0 Å². The molecule has 0 spiro atoms. The zero-order valence-electron chi connectivity index (χ0n) is 6.57. The maximum Gasteiger partial charge on any atom is 0.0866 e. The van der Waals surface area contributed by atoms with Crippen LogP contribution in [-0.2, 0) is 4.29 Å². The largest absolute Gasteiger partial charge is 0.273 e. The van der Waals surface area contributed by atoms with Crippen LogP contribution in [-0.4, -0.2) is 5.60 Å². The summed E-state index contributed by atoms with van der Waals surface area (Å²) in [6.07, 6.45) is 1.10. The monoisotopic (exact) mass is 150 g/mol. The second-order valence-corrected chi connectivity index (χ2v) is 3.14. The van der Waals surface area contributed by atoms with Gasteiger partial charge in [0.1, 0.15) is 0 Å². The van der Waals surface area contributed by atoms with Crippen LogP contribution in [0.2, 0.25) is 0 Å². The Hall–Kier alpha value is 0.250. The first-order valence-electron chi connectivity index (χ1n) is 3.34. The van der Waals surface area contributed by atoms with Gasteiger partial charge in [0, 0.05) is 0 Å². The molecule has 0 aliphatic carbocycles. The van der Waals surface area contributed by atoms with Crippen LogP contribution in [0.3, 0.4) is 0 Å². The number of hydrogen-bond acceptors (Lipinski definition) is 1. The van der Waals surface area contributed by atoms with Crippen LogP contribution >= 0.6 is 11.9 Å². The van der Waals surface area contributed by atoms with Crippen LogP contribution in [0.5, 0.6) is 0 Å².